The van der Waals surface area contributed by atoms with Crippen LogP contribution in [0.15, 0.2) is 11.6 Å². The van der Waals surface area contributed by atoms with Crippen molar-refractivity contribution in [2.45, 2.75) is 248 Å². The summed E-state index contributed by atoms with van der Waals surface area (Å²) in [5, 5.41) is 151. The fourth-order valence-corrected chi connectivity index (χ4v) is 16.0. The van der Waals surface area contributed by atoms with E-state index < -0.39 is 165 Å². The minimum atomic E-state index is -1.75. The first-order valence-electron chi connectivity index (χ1n) is 27.3. The van der Waals surface area contributed by atoms with Crippen LogP contribution in [0.25, 0.3) is 0 Å². The van der Waals surface area contributed by atoms with Gasteiger partial charge < -0.3 is 109 Å². The molecule has 4 heterocycles. The van der Waals surface area contributed by atoms with Crippen molar-refractivity contribution in [3.8, 4) is 0 Å². The number of aliphatic hydroxyl groups excluding tert-OH is 14. The molecule has 75 heavy (non-hydrogen) atoms. The zero-order valence-corrected chi connectivity index (χ0v) is 44.7. The SMILES string of the molecule is CC(C)=CCC[C@](C)(O[C@@H]1O[C@H](CO[C@@H]2O[C@H](CO)[C@@H](O)[C@H](O)[C@H]2O)[C@@H](O)[C@H](O)[C@H]1O)[C@H]1CC[C@]2(C)[C@@H]1[C@H](O)C[C@@H]1[C@@]3(C)CC[C@H](O[C@@H]4O[C@H](CO)[C@@H](O)[C@H](O)[C@H]4O[C@@H]4OC[C@@H](O)[C@H](O)[C@H]4O)C(C)(C)[C@H]3CC[C@]12C. The van der Waals surface area contributed by atoms with Crippen LogP contribution in [-0.4, -0.2) is 232 Å². The van der Waals surface area contributed by atoms with E-state index in [1.165, 1.54) is 0 Å². The van der Waals surface area contributed by atoms with Gasteiger partial charge in [0, 0.05) is 0 Å². The maximum absolute atomic E-state index is 12.8. The summed E-state index contributed by atoms with van der Waals surface area (Å²) in [4.78, 5) is 0. The Labute approximate surface area is 439 Å². The summed E-state index contributed by atoms with van der Waals surface area (Å²) >= 11 is 0. The summed E-state index contributed by atoms with van der Waals surface area (Å²) in [5.74, 6) is -0.389. The molecular formula is C53H90O22. The summed E-state index contributed by atoms with van der Waals surface area (Å²) in [7, 11) is 0. The first kappa shape index (κ1) is 60.0. The molecule has 0 amide bonds. The van der Waals surface area contributed by atoms with Gasteiger partial charge in [-0.1, -0.05) is 46.3 Å². The first-order valence-corrected chi connectivity index (χ1v) is 27.3. The zero-order valence-electron chi connectivity index (χ0n) is 44.7. The molecule has 8 rings (SSSR count). The highest BCUT2D eigenvalue weighted by atomic mass is 16.8. The molecule has 0 radical (unpaired) electrons. The fourth-order valence-electron chi connectivity index (χ4n) is 16.0. The van der Waals surface area contributed by atoms with Crippen LogP contribution in [0, 0.1) is 45.3 Å². The maximum Gasteiger partial charge on any atom is 0.187 e. The number of aliphatic hydroxyl groups is 14. The van der Waals surface area contributed by atoms with E-state index in [2.05, 4.69) is 40.7 Å². The quantitative estimate of drug-likeness (QED) is 0.0651. The summed E-state index contributed by atoms with van der Waals surface area (Å²) in [6.07, 6.45) is -22.4. The molecule has 4 saturated carbocycles. The molecule has 0 aromatic heterocycles. The molecule has 14 N–H and O–H groups in total. The minimum Gasteiger partial charge on any atom is -0.394 e. The lowest BCUT2D eigenvalue weighted by molar-refractivity contribution is -0.371. The van der Waals surface area contributed by atoms with E-state index >= 15 is 0 Å². The van der Waals surface area contributed by atoms with Crippen LogP contribution in [-0.2, 0) is 37.9 Å². The third-order valence-electron chi connectivity index (χ3n) is 20.5. The lowest BCUT2D eigenvalue weighted by atomic mass is 9.35. The number of fused-ring (bicyclic) bond motifs is 5. The second-order valence-corrected chi connectivity index (χ2v) is 25.3. The van der Waals surface area contributed by atoms with Crippen molar-refractivity contribution >= 4 is 0 Å². The highest BCUT2D eigenvalue weighted by Gasteiger charge is 2.72. The molecule has 8 aliphatic rings. The first-order chi connectivity index (χ1) is 35.1. The van der Waals surface area contributed by atoms with Crippen molar-refractivity contribution in [1.82, 2.24) is 0 Å². The van der Waals surface area contributed by atoms with Gasteiger partial charge in [-0.15, -0.1) is 0 Å². The number of allylic oxidation sites excluding steroid dienone is 2. The topological polar surface area (TPSA) is 357 Å². The number of ether oxygens (including phenoxy) is 8. The Kier molecular flexibility index (Phi) is 18.1. The summed E-state index contributed by atoms with van der Waals surface area (Å²) < 4.78 is 48.8. The Hall–Kier alpha value is -1.14. The van der Waals surface area contributed by atoms with Crippen LogP contribution in [0.4, 0.5) is 0 Å². The van der Waals surface area contributed by atoms with Gasteiger partial charge in [0.2, 0.25) is 0 Å². The summed E-state index contributed by atoms with van der Waals surface area (Å²) in [6.45, 7) is 15.1. The van der Waals surface area contributed by atoms with Crippen molar-refractivity contribution in [1.29, 1.82) is 0 Å². The molecular weight excluding hydrogens is 989 g/mol. The molecule has 4 aliphatic heterocycles. The molecule has 22 nitrogen and oxygen atoms in total. The number of rotatable bonds is 15. The third kappa shape index (κ3) is 10.6. The lowest BCUT2D eigenvalue weighted by Gasteiger charge is -2.71. The summed E-state index contributed by atoms with van der Waals surface area (Å²) in [6, 6.07) is 0. The Bertz CT molecular complexity index is 1940. The van der Waals surface area contributed by atoms with Gasteiger partial charge in [-0.3, -0.25) is 0 Å². The van der Waals surface area contributed by atoms with Gasteiger partial charge in [0.15, 0.2) is 25.2 Å². The van der Waals surface area contributed by atoms with Crippen LogP contribution >= 0.6 is 0 Å². The van der Waals surface area contributed by atoms with E-state index in [1.807, 2.05) is 20.8 Å². The van der Waals surface area contributed by atoms with Crippen LogP contribution in [0.3, 0.4) is 0 Å². The molecule has 0 unspecified atom stereocenters. The van der Waals surface area contributed by atoms with Gasteiger partial charge in [0.25, 0.3) is 0 Å². The van der Waals surface area contributed by atoms with Crippen molar-refractivity contribution in [3.05, 3.63) is 11.6 Å². The minimum absolute atomic E-state index is 0.0610. The highest BCUT2D eigenvalue weighted by molar-refractivity contribution is 5.20. The van der Waals surface area contributed by atoms with E-state index in [-0.39, 0.29) is 41.1 Å². The molecule has 29 atom stereocenters. The molecule has 4 saturated heterocycles. The molecule has 0 spiro atoms. The Morgan fingerprint density at radius 3 is 1.80 bits per heavy atom. The average Bonchev–Trinajstić information content (AvgIpc) is 3.75. The van der Waals surface area contributed by atoms with Crippen LogP contribution in [0.1, 0.15) is 113 Å². The van der Waals surface area contributed by atoms with Gasteiger partial charge in [-0.05, 0) is 124 Å². The molecule has 434 valence electrons. The van der Waals surface area contributed by atoms with Gasteiger partial charge in [0.05, 0.1) is 44.2 Å². The van der Waals surface area contributed by atoms with Gasteiger partial charge in [-0.2, -0.15) is 0 Å². The third-order valence-corrected chi connectivity index (χ3v) is 20.5. The van der Waals surface area contributed by atoms with Crippen molar-refractivity contribution in [3.63, 3.8) is 0 Å². The predicted molar refractivity (Wildman–Crippen MR) is 260 cm³/mol. The highest BCUT2D eigenvalue weighted by Crippen LogP contribution is 2.76. The maximum atomic E-state index is 12.8. The molecule has 0 aromatic carbocycles. The summed E-state index contributed by atoms with van der Waals surface area (Å²) in [5.41, 5.74) is -1.46. The van der Waals surface area contributed by atoms with Crippen molar-refractivity contribution in [2.24, 2.45) is 45.3 Å². The van der Waals surface area contributed by atoms with E-state index in [0.29, 0.717) is 38.5 Å². The number of hydrogen-bond acceptors (Lipinski definition) is 22. The Balaban J connectivity index is 1.01. The molecule has 22 heteroatoms. The molecule has 8 fully saturated rings. The van der Waals surface area contributed by atoms with Crippen LogP contribution < -0.4 is 0 Å². The molecule has 4 aliphatic carbocycles. The predicted octanol–water partition coefficient (Wildman–Crippen LogP) is -1.56. The smallest absolute Gasteiger partial charge is 0.187 e. The Morgan fingerprint density at radius 2 is 1.16 bits per heavy atom. The monoisotopic (exact) mass is 1080 g/mol. The second-order valence-electron chi connectivity index (χ2n) is 25.3. The van der Waals surface area contributed by atoms with E-state index in [9.17, 15) is 71.5 Å². The average molecular weight is 1080 g/mol. The van der Waals surface area contributed by atoms with E-state index in [0.717, 1.165) is 24.8 Å². The van der Waals surface area contributed by atoms with Crippen LogP contribution in [0.2, 0.25) is 0 Å². The molecule has 0 bridgehead atoms. The van der Waals surface area contributed by atoms with Crippen molar-refractivity contribution < 1.29 is 109 Å². The van der Waals surface area contributed by atoms with Gasteiger partial charge >= 0.3 is 0 Å². The molecule has 0 aromatic rings. The normalized spacial score (nSPS) is 52.7. The van der Waals surface area contributed by atoms with E-state index in [4.69, 9.17) is 37.9 Å². The lowest BCUT2D eigenvalue weighted by Crippen LogP contribution is -2.68. The number of hydrogen-bond donors (Lipinski definition) is 14. The largest absolute Gasteiger partial charge is 0.394 e. The Morgan fingerprint density at radius 1 is 0.587 bits per heavy atom. The van der Waals surface area contributed by atoms with Gasteiger partial charge in [0.1, 0.15) is 91.6 Å². The van der Waals surface area contributed by atoms with Crippen molar-refractivity contribution in [2.75, 3.05) is 26.4 Å². The second kappa shape index (κ2) is 22.7. The standard InChI is InChI=1S/C53H90O22/c1-23(2)10-9-14-53(8,75-47-43(67)39(63)37(61)29(72-47)22-69-45-42(66)38(62)35(59)27(19-54)70-45)24-11-16-52(7)33(24)25(56)18-31-50(5)15-13-32(49(3,4)30(50)12-17-51(31,52)6)73-48-44(40(64)36(60)28(20-55)71-48)74-46-41(65)34(58)26(57)21-68-46/h10,24-48,54-67H,9,11-22H2,1-8H3/t24-,25+,26+,27+,28+,29+,30+,31+,32-,33-,34-,35+,36+,37+,38-,39-,40-,41+,42+,43+,44+,45+,46-,47-,48-,50-,51+,52+,53-/m0/s1. The van der Waals surface area contributed by atoms with Crippen LogP contribution in [0.5, 0.6) is 0 Å². The fraction of sp³-hybridized carbons (Fsp3) is 0.962. The van der Waals surface area contributed by atoms with E-state index in [1.54, 1.807) is 0 Å². The van der Waals surface area contributed by atoms with Gasteiger partial charge in [-0.25, -0.2) is 0 Å². The zero-order chi connectivity index (χ0) is 55.1.